The molecular formula is C26H37ClN2O4. The van der Waals surface area contributed by atoms with Gasteiger partial charge in [-0.2, -0.15) is 0 Å². The van der Waals surface area contributed by atoms with Crippen molar-refractivity contribution in [2.24, 2.45) is 5.92 Å². The van der Waals surface area contributed by atoms with Gasteiger partial charge in [-0.3, -0.25) is 9.59 Å². The Kier molecular flexibility index (Phi) is 8.53. The van der Waals surface area contributed by atoms with E-state index in [1.807, 2.05) is 21.9 Å². The Labute approximate surface area is 202 Å². The summed E-state index contributed by atoms with van der Waals surface area (Å²) >= 11 is 6.12. The predicted molar refractivity (Wildman–Crippen MR) is 128 cm³/mol. The highest BCUT2D eigenvalue weighted by molar-refractivity contribution is 6.30. The number of ether oxygens (including phenoxy) is 2. The van der Waals surface area contributed by atoms with Gasteiger partial charge in [0, 0.05) is 31.1 Å². The molecule has 0 bridgehead atoms. The molecule has 1 atom stereocenters. The largest absolute Gasteiger partial charge is 0.490 e. The van der Waals surface area contributed by atoms with Crippen LogP contribution in [0.25, 0.3) is 0 Å². The number of piperidine rings is 1. The Hall–Kier alpha value is -1.79. The minimum atomic E-state index is -0.849. The van der Waals surface area contributed by atoms with Crippen LogP contribution >= 0.6 is 11.6 Å². The molecule has 0 radical (unpaired) electrons. The first-order chi connectivity index (χ1) is 16.0. The first kappa shape index (κ1) is 24.3. The van der Waals surface area contributed by atoms with E-state index in [1.54, 1.807) is 12.1 Å². The smallest absolute Gasteiger partial charge is 0.225 e. The second kappa shape index (κ2) is 11.6. The molecule has 1 saturated carbocycles. The van der Waals surface area contributed by atoms with Crippen molar-refractivity contribution in [3.8, 4) is 5.75 Å². The summed E-state index contributed by atoms with van der Waals surface area (Å²) < 4.78 is 12.3. The van der Waals surface area contributed by atoms with Gasteiger partial charge >= 0.3 is 0 Å². The van der Waals surface area contributed by atoms with Crippen molar-refractivity contribution in [1.82, 2.24) is 9.80 Å². The molecule has 2 amide bonds. The summed E-state index contributed by atoms with van der Waals surface area (Å²) in [7, 11) is 0. The van der Waals surface area contributed by atoms with E-state index in [1.165, 1.54) is 32.1 Å². The van der Waals surface area contributed by atoms with Crippen LogP contribution in [0, 0.1) is 5.92 Å². The van der Waals surface area contributed by atoms with Crippen LogP contribution in [-0.4, -0.2) is 66.6 Å². The third-order valence-electron chi connectivity index (χ3n) is 7.32. The molecule has 7 heteroatoms. The van der Waals surface area contributed by atoms with Crippen molar-refractivity contribution in [3.05, 3.63) is 29.3 Å². The van der Waals surface area contributed by atoms with E-state index in [-0.39, 0.29) is 24.8 Å². The van der Waals surface area contributed by atoms with Crippen molar-refractivity contribution in [3.63, 3.8) is 0 Å². The van der Waals surface area contributed by atoms with Gasteiger partial charge < -0.3 is 19.3 Å². The van der Waals surface area contributed by atoms with E-state index in [2.05, 4.69) is 0 Å². The molecule has 0 aromatic heterocycles. The maximum absolute atomic E-state index is 13.2. The highest BCUT2D eigenvalue weighted by Gasteiger charge is 2.42. The number of hydrogen-bond acceptors (Lipinski definition) is 4. The summed E-state index contributed by atoms with van der Waals surface area (Å²) in [5.41, 5.74) is -0.849. The number of carbonyl (C=O) groups excluding carboxylic acids is 2. The third-order valence-corrected chi connectivity index (χ3v) is 7.56. The Bertz CT molecular complexity index is 807. The molecule has 3 aliphatic rings. The number of halogens is 1. The molecule has 1 aromatic carbocycles. The lowest BCUT2D eigenvalue weighted by Crippen LogP contribution is -2.58. The van der Waals surface area contributed by atoms with E-state index in [0.29, 0.717) is 42.8 Å². The molecule has 0 spiro atoms. The monoisotopic (exact) mass is 476 g/mol. The molecule has 6 nitrogen and oxygen atoms in total. The van der Waals surface area contributed by atoms with Crippen molar-refractivity contribution < 1.29 is 19.1 Å². The highest BCUT2D eigenvalue weighted by atomic mass is 35.5. The first-order valence-electron chi connectivity index (χ1n) is 12.6. The van der Waals surface area contributed by atoms with Gasteiger partial charge in [0.15, 0.2) is 0 Å². The minimum Gasteiger partial charge on any atom is -0.490 e. The van der Waals surface area contributed by atoms with Gasteiger partial charge in [0.05, 0.1) is 19.6 Å². The van der Waals surface area contributed by atoms with Crippen LogP contribution < -0.4 is 4.74 Å². The molecule has 33 heavy (non-hydrogen) atoms. The molecule has 4 rings (SSSR count). The Morgan fingerprint density at radius 1 is 1.03 bits per heavy atom. The number of rotatable bonds is 8. The van der Waals surface area contributed by atoms with Gasteiger partial charge in [0.1, 0.15) is 18.0 Å². The van der Waals surface area contributed by atoms with Crippen molar-refractivity contribution in [2.45, 2.75) is 69.8 Å². The number of nitrogens with zero attached hydrogens (tertiary/aromatic N) is 2. The van der Waals surface area contributed by atoms with Gasteiger partial charge in [-0.25, -0.2) is 0 Å². The van der Waals surface area contributed by atoms with Gasteiger partial charge in [-0.05, 0) is 49.8 Å². The first-order valence-corrected chi connectivity index (χ1v) is 13.0. The van der Waals surface area contributed by atoms with E-state index < -0.39 is 5.60 Å². The predicted octanol–water partition coefficient (Wildman–Crippen LogP) is 4.69. The highest BCUT2D eigenvalue weighted by Crippen LogP contribution is 2.30. The topological polar surface area (TPSA) is 59.1 Å². The van der Waals surface area contributed by atoms with Crippen LogP contribution in [0.3, 0.4) is 0 Å². The Morgan fingerprint density at radius 3 is 2.58 bits per heavy atom. The fourth-order valence-corrected chi connectivity index (χ4v) is 5.57. The molecule has 0 unspecified atom stereocenters. The fraction of sp³-hybridized carbons (Fsp3) is 0.692. The molecule has 0 N–H and O–H groups in total. The maximum atomic E-state index is 13.2. The van der Waals surface area contributed by atoms with Gasteiger partial charge in [-0.15, -0.1) is 0 Å². The number of morpholine rings is 1. The number of carbonyl (C=O) groups is 2. The standard InChI is InChI=1S/C26H37ClN2O4/c27-22-9-6-10-23(17-22)32-20-26(18-25(31)28-13-4-1-5-14-28)19-29(15-16-33-26)24(30)12-11-21-7-2-3-8-21/h6,9-10,17,21H,1-5,7-8,11-16,18-20H2/t26-/m0/s1. The van der Waals surface area contributed by atoms with E-state index in [4.69, 9.17) is 21.1 Å². The van der Waals surface area contributed by atoms with Crippen LogP contribution in [0.2, 0.25) is 5.02 Å². The molecule has 2 aliphatic heterocycles. The average molecular weight is 477 g/mol. The molecule has 1 aromatic rings. The minimum absolute atomic E-state index is 0.0876. The zero-order valence-electron chi connectivity index (χ0n) is 19.6. The maximum Gasteiger partial charge on any atom is 0.225 e. The third kappa shape index (κ3) is 6.86. The number of likely N-dealkylation sites (tertiary alicyclic amines) is 1. The summed E-state index contributed by atoms with van der Waals surface area (Å²) in [6.07, 6.45) is 10.1. The quantitative estimate of drug-likeness (QED) is 0.546. The van der Waals surface area contributed by atoms with Crippen LogP contribution in [0.5, 0.6) is 5.75 Å². The Morgan fingerprint density at radius 2 is 1.82 bits per heavy atom. The fourth-order valence-electron chi connectivity index (χ4n) is 5.39. The zero-order chi connectivity index (χ0) is 23.1. The lowest BCUT2D eigenvalue weighted by Gasteiger charge is -2.43. The summed E-state index contributed by atoms with van der Waals surface area (Å²) in [5.74, 6) is 1.58. The van der Waals surface area contributed by atoms with Crippen molar-refractivity contribution >= 4 is 23.4 Å². The molecular weight excluding hydrogens is 440 g/mol. The number of benzene rings is 1. The zero-order valence-corrected chi connectivity index (χ0v) is 20.4. The van der Waals surface area contributed by atoms with Gasteiger partial charge in [0.2, 0.25) is 11.8 Å². The summed E-state index contributed by atoms with van der Waals surface area (Å²) in [4.78, 5) is 30.1. The van der Waals surface area contributed by atoms with Crippen LogP contribution in [0.15, 0.2) is 24.3 Å². The number of amides is 2. The summed E-state index contributed by atoms with van der Waals surface area (Å²) in [6, 6.07) is 7.24. The normalized spacial score (nSPS) is 24.2. The molecule has 2 heterocycles. The van der Waals surface area contributed by atoms with E-state index in [0.717, 1.165) is 32.4 Å². The summed E-state index contributed by atoms with van der Waals surface area (Å²) in [6.45, 7) is 3.18. The molecule has 1 aliphatic carbocycles. The second-order valence-electron chi connectivity index (χ2n) is 9.90. The van der Waals surface area contributed by atoms with Gasteiger partial charge in [-0.1, -0.05) is 43.4 Å². The Balaban J connectivity index is 1.43. The van der Waals surface area contributed by atoms with Crippen LogP contribution in [0.4, 0.5) is 0 Å². The lowest BCUT2D eigenvalue weighted by molar-refractivity contribution is -0.166. The number of hydrogen-bond donors (Lipinski definition) is 0. The van der Waals surface area contributed by atoms with Crippen LogP contribution in [-0.2, 0) is 14.3 Å². The van der Waals surface area contributed by atoms with E-state index in [9.17, 15) is 9.59 Å². The van der Waals surface area contributed by atoms with Crippen molar-refractivity contribution in [1.29, 1.82) is 0 Å². The second-order valence-corrected chi connectivity index (χ2v) is 10.3. The molecule has 182 valence electrons. The summed E-state index contributed by atoms with van der Waals surface area (Å²) in [5, 5.41) is 0.597. The molecule has 2 saturated heterocycles. The SMILES string of the molecule is O=C(C[C@@]1(COc2cccc(Cl)c2)CN(C(=O)CCC2CCCC2)CCO1)N1CCCCC1. The lowest BCUT2D eigenvalue weighted by atomic mass is 9.95. The average Bonchev–Trinajstić information content (AvgIpc) is 3.36. The molecule has 3 fully saturated rings. The van der Waals surface area contributed by atoms with Crippen LogP contribution in [0.1, 0.15) is 64.2 Å². The van der Waals surface area contributed by atoms with Crippen molar-refractivity contribution in [2.75, 3.05) is 39.4 Å². The van der Waals surface area contributed by atoms with Gasteiger partial charge in [0.25, 0.3) is 0 Å². The van der Waals surface area contributed by atoms with E-state index >= 15 is 0 Å².